The lowest BCUT2D eigenvalue weighted by Crippen LogP contribution is -2.24. The van der Waals surface area contributed by atoms with Crippen LogP contribution in [0.4, 0.5) is 5.69 Å². The minimum atomic E-state index is -0.663. The average Bonchev–Trinajstić information content (AvgIpc) is 3.16. The van der Waals surface area contributed by atoms with E-state index in [0.29, 0.717) is 11.3 Å². The van der Waals surface area contributed by atoms with E-state index in [1.807, 2.05) is 42.5 Å². The molecule has 30 heavy (non-hydrogen) atoms. The fraction of sp³-hybridized carbons (Fsp3) is 0.292. The second-order valence-electron chi connectivity index (χ2n) is 8.20. The second kappa shape index (κ2) is 9.11. The van der Waals surface area contributed by atoms with Gasteiger partial charge in [0.1, 0.15) is 10.4 Å². The molecule has 0 saturated carbocycles. The number of rotatable bonds is 6. The summed E-state index contributed by atoms with van der Waals surface area (Å²) in [4.78, 5) is 30.5. The lowest BCUT2D eigenvalue weighted by molar-refractivity contribution is -0.115. The van der Waals surface area contributed by atoms with E-state index in [1.54, 1.807) is 19.2 Å². The molecule has 3 rings (SSSR count). The maximum Gasteiger partial charge on any atom is 0.242 e. The minimum absolute atomic E-state index is 0.0427. The lowest BCUT2D eigenvalue weighted by atomic mass is 9.84. The van der Waals surface area contributed by atoms with E-state index in [2.05, 4.69) is 31.1 Å². The standard InChI is InChI=1S/C24H25ClN2O2S/c1-15(25)23(29)27-19-12-17(10-11-18(19)24(2,3)4)20(28)13-22-26-14-21(30-22)16-8-6-5-7-9-16/h5-12,14-15H,13H2,1-4H3,(H,27,29). The zero-order valence-electron chi connectivity index (χ0n) is 17.5. The van der Waals surface area contributed by atoms with Gasteiger partial charge in [-0.1, -0.05) is 63.2 Å². The Morgan fingerprint density at radius 3 is 2.47 bits per heavy atom. The van der Waals surface area contributed by atoms with Gasteiger partial charge in [0.15, 0.2) is 5.78 Å². The number of carbonyl (C=O) groups excluding carboxylic acids is 2. The molecule has 156 valence electrons. The molecule has 0 aliphatic carbocycles. The minimum Gasteiger partial charge on any atom is -0.325 e. The number of ketones is 1. The van der Waals surface area contributed by atoms with E-state index in [9.17, 15) is 9.59 Å². The van der Waals surface area contributed by atoms with Crippen molar-refractivity contribution in [2.75, 3.05) is 5.32 Å². The Morgan fingerprint density at radius 2 is 1.83 bits per heavy atom. The number of thiazole rings is 1. The molecule has 0 bridgehead atoms. The summed E-state index contributed by atoms with van der Waals surface area (Å²) in [5.41, 5.74) is 3.00. The molecule has 0 saturated heterocycles. The summed E-state index contributed by atoms with van der Waals surface area (Å²) in [6.07, 6.45) is 2.02. The summed E-state index contributed by atoms with van der Waals surface area (Å²) in [6, 6.07) is 15.4. The van der Waals surface area contributed by atoms with Gasteiger partial charge in [-0.2, -0.15) is 0 Å². The van der Waals surface area contributed by atoms with Crippen molar-refractivity contribution in [1.82, 2.24) is 4.98 Å². The van der Waals surface area contributed by atoms with E-state index in [0.717, 1.165) is 21.0 Å². The number of alkyl halides is 1. The van der Waals surface area contributed by atoms with Crippen molar-refractivity contribution in [2.45, 2.75) is 44.9 Å². The first kappa shape index (κ1) is 22.2. The number of benzene rings is 2. The molecule has 3 aromatic rings. The Morgan fingerprint density at radius 1 is 1.13 bits per heavy atom. The van der Waals surface area contributed by atoms with Crippen LogP contribution < -0.4 is 5.32 Å². The van der Waals surface area contributed by atoms with Crippen LogP contribution in [0.2, 0.25) is 0 Å². The number of nitrogens with one attached hydrogen (secondary N) is 1. The molecule has 1 unspecified atom stereocenters. The average molecular weight is 441 g/mol. The summed E-state index contributed by atoms with van der Waals surface area (Å²) in [6.45, 7) is 7.80. The van der Waals surface area contributed by atoms with E-state index in [-0.39, 0.29) is 23.5 Å². The van der Waals surface area contributed by atoms with Crippen LogP contribution >= 0.6 is 22.9 Å². The van der Waals surface area contributed by atoms with Crippen LogP contribution in [0.3, 0.4) is 0 Å². The second-order valence-corrected chi connectivity index (χ2v) is 9.97. The predicted octanol–water partition coefficient (Wildman–Crippen LogP) is 6.10. The highest BCUT2D eigenvalue weighted by Gasteiger charge is 2.22. The molecule has 0 aliphatic heterocycles. The van der Waals surface area contributed by atoms with Crippen molar-refractivity contribution in [2.24, 2.45) is 0 Å². The molecular formula is C24H25ClN2O2S. The Labute approximate surface area is 186 Å². The third kappa shape index (κ3) is 5.35. The summed E-state index contributed by atoms with van der Waals surface area (Å²) >= 11 is 7.44. The molecule has 0 spiro atoms. The van der Waals surface area contributed by atoms with Gasteiger partial charge in [0, 0.05) is 17.4 Å². The molecule has 1 aromatic heterocycles. The number of hydrogen-bond acceptors (Lipinski definition) is 4. The Hall–Kier alpha value is -2.50. The van der Waals surface area contributed by atoms with Crippen LogP contribution in [0.15, 0.2) is 54.7 Å². The highest BCUT2D eigenvalue weighted by atomic mass is 35.5. The first-order valence-electron chi connectivity index (χ1n) is 9.78. The predicted molar refractivity (Wildman–Crippen MR) is 125 cm³/mol. The number of amides is 1. The number of halogens is 1. The molecule has 1 N–H and O–H groups in total. The smallest absolute Gasteiger partial charge is 0.242 e. The number of Topliss-reactive ketones (excluding diaryl/α,β-unsaturated/α-hetero) is 1. The van der Waals surface area contributed by atoms with E-state index in [1.165, 1.54) is 11.3 Å². The Kier molecular flexibility index (Phi) is 6.74. The summed E-state index contributed by atoms with van der Waals surface area (Å²) in [5.74, 6) is -0.335. The molecule has 0 fully saturated rings. The zero-order chi connectivity index (χ0) is 21.9. The first-order valence-corrected chi connectivity index (χ1v) is 11.0. The van der Waals surface area contributed by atoms with Crippen LogP contribution in [0.25, 0.3) is 10.4 Å². The van der Waals surface area contributed by atoms with Crippen molar-refractivity contribution in [3.05, 3.63) is 70.9 Å². The van der Waals surface area contributed by atoms with Gasteiger partial charge in [-0.05, 0) is 29.5 Å². The van der Waals surface area contributed by atoms with Crippen LogP contribution in [0.5, 0.6) is 0 Å². The van der Waals surface area contributed by atoms with Gasteiger partial charge in [-0.15, -0.1) is 22.9 Å². The van der Waals surface area contributed by atoms with Gasteiger partial charge in [0.05, 0.1) is 11.3 Å². The summed E-state index contributed by atoms with van der Waals surface area (Å²) in [5, 5.41) is 2.96. The van der Waals surface area contributed by atoms with Crippen molar-refractivity contribution in [3.63, 3.8) is 0 Å². The van der Waals surface area contributed by atoms with Crippen LogP contribution in [0.1, 0.15) is 48.6 Å². The van der Waals surface area contributed by atoms with Crippen LogP contribution in [-0.4, -0.2) is 22.1 Å². The third-order valence-electron chi connectivity index (χ3n) is 4.69. The molecule has 0 radical (unpaired) electrons. The molecule has 1 amide bonds. The molecule has 2 aromatic carbocycles. The highest BCUT2D eigenvalue weighted by molar-refractivity contribution is 7.15. The van der Waals surface area contributed by atoms with Crippen LogP contribution in [0, 0.1) is 0 Å². The topological polar surface area (TPSA) is 59.1 Å². The van der Waals surface area contributed by atoms with Crippen molar-refractivity contribution < 1.29 is 9.59 Å². The maximum absolute atomic E-state index is 12.9. The number of carbonyl (C=O) groups is 2. The van der Waals surface area contributed by atoms with Crippen molar-refractivity contribution in [3.8, 4) is 10.4 Å². The van der Waals surface area contributed by atoms with Gasteiger partial charge < -0.3 is 5.32 Å². The normalized spacial score (nSPS) is 12.4. The fourth-order valence-corrected chi connectivity index (χ4v) is 4.05. The maximum atomic E-state index is 12.9. The van der Waals surface area contributed by atoms with Gasteiger partial charge in [-0.25, -0.2) is 4.98 Å². The third-order valence-corrected chi connectivity index (χ3v) is 5.94. The fourth-order valence-electron chi connectivity index (χ4n) is 3.07. The van der Waals surface area contributed by atoms with E-state index in [4.69, 9.17) is 11.6 Å². The van der Waals surface area contributed by atoms with Gasteiger partial charge >= 0.3 is 0 Å². The zero-order valence-corrected chi connectivity index (χ0v) is 19.1. The number of anilines is 1. The quantitative estimate of drug-likeness (QED) is 0.372. The SMILES string of the molecule is CC(Cl)C(=O)Nc1cc(C(=O)Cc2ncc(-c3ccccc3)s2)ccc1C(C)(C)C. The molecular weight excluding hydrogens is 416 g/mol. The van der Waals surface area contributed by atoms with E-state index >= 15 is 0 Å². The number of nitrogens with zero attached hydrogens (tertiary/aromatic N) is 1. The molecule has 1 heterocycles. The molecule has 0 aliphatic rings. The van der Waals surface area contributed by atoms with Gasteiger partial charge in [0.2, 0.25) is 5.91 Å². The van der Waals surface area contributed by atoms with E-state index < -0.39 is 5.38 Å². The molecule has 6 heteroatoms. The number of aromatic nitrogens is 1. The molecule has 1 atom stereocenters. The Balaban J connectivity index is 1.84. The van der Waals surface area contributed by atoms with Gasteiger partial charge in [-0.3, -0.25) is 9.59 Å². The van der Waals surface area contributed by atoms with Crippen molar-refractivity contribution in [1.29, 1.82) is 0 Å². The summed E-state index contributed by atoms with van der Waals surface area (Å²) in [7, 11) is 0. The van der Waals surface area contributed by atoms with Crippen LogP contribution in [-0.2, 0) is 16.6 Å². The summed E-state index contributed by atoms with van der Waals surface area (Å²) < 4.78 is 0. The highest BCUT2D eigenvalue weighted by Crippen LogP contribution is 2.32. The lowest BCUT2D eigenvalue weighted by Gasteiger charge is -2.24. The first-order chi connectivity index (χ1) is 14.1. The largest absolute Gasteiger partial charge is 0.325 e. The number of hydrogen-bond donors (Lipinski definition) is 1. The monoisotopic (exact) mass is 440 g/mol. The van der Waals surface area contributed by atoms with Crippen molar-refractivity contribution >= 4 is 40.3 Å². The van der Waals surface area contributed by atoms with Gasteiger partial charge in [0.25, 0.3) is 0 Å². The Bertz CT molecular complexity index is 1050. The molecule has 4 nitrogen and oxygen atoms in total.